The zero-order valence-corrected chi connectivity index (χ0v) is 12.2. The molecule has 9 heteroatoms. The first-order valence-electron chi connectivity index (χ1n) is 6.73. The standard InChI is InChI=1S/C16H8F4N2O3/c17-8-1-6-13(3-9(8)18)22(5-7(15(6)23)16(24)25)14-4-12(21)10(19)2-11(14)20/h1-5H,21H2,(H,24,25). The predicted octanol–water partition coefficient (Wildman–Crippen LogP) is 2.83. The van der Waals surface area contributed by atoms with Crippen LogP contribution in [0.1, 0.15) is 10.4 Å². The van der Waals surface area contributed by atoms with Crippen LogP contribution in [-0.2, 0) is 0 Å². The van der Waals surface area contributed by atoms with E-state index in [9.17, 15) is 27.2 Å². The fourth-order valence-electron chi connectivity index (χ4n) is 2.41. The topological polar surface area (TPSA) is 85.3 Å². The van der Waals surface area contributed by atoms with Gasteiger partial charge in [-0.15, -0.1) is 0 Å². The molecule has 0 amide bonds. The summed E-state index contributed by atoms with van der Waals surface area (Å²) in [6.45, 7) is 0. The molecule has 0 unspecified atom stereocenters. The highest BCUT2D eigenvalue weighted by atomic mass is 19.2. The van der Waals surface area contributed by atoms with Crippen LogP contribution >= 0.6 is 0 Å². The van der Waals surface area contributed by atoms with Gasteiger partial charge in [-0.2, -0.15) is 0 Å². The number of nitrogens with zero attached hydrogens (tertiary/aromatic N) is 1. The largest absolute Gasteiger partial charge is 0.477 e. The van der Waals surface area contributed by atoms with Crippen LogP contribution in [0.5, 0.6) is 0 Å². The monoisotopic (exact) mass is 352 g/mol. The lowest BCUT2D eigenvalue weighted by Crippen LogP contribution is -2.19. The maximum absolute atomic E-state index is 14.1. The zero-order valence-electron chi connectivity index (χ0n) is 12.2. The molecule has 0 atom stereocenters. The number of carboxylic acids is 1. The second kappa shape index (κ2) is 5.62. The number of aromatic carboxylic acids is 1. The van der Waals surface area contributed by atoms with Crippen molar-refractivity contribution >= 4 is 22.6 Å². The Kier molecular flexibility index (Phi) is 3.71. The summed E-state index contributed by atoms with van der Waals surface area (Å²) in [4.78, 5) is 23.4. The lowest BCUT2D eigenvalue weighted by Gasteiger charge is -2.14. The van der Waals surface area contributed by atoms with Gasteiger partial charge in [0.1, 0.15) is 17.2 Å². The molecule has 3 aromatic rings. The van der Waals surface area contributed by atoms with E-state index in [2.05, 4.69) is 0 Å². The lowest BCUT2D eigenvalue weighted by molar-refractivity contribution is 0.0695. The first-order valence-corrected chi connectivity index (χ1v) is 6.73. The Morgan fingerprint density at radius 3 is 2.24 bits per heavy atom. The molecule has 3 N–H and O–H groups in total. The molecule has 0 fully saturated rings. The van der Waals surface area contributed by atoms with Crippen LogP contribution in [0.15, 0.2) is 35.3 Å². The summed E-state index contributed by atoms with van der Waals surface area (Å²) in [5, 5.41) is 8.64. The van der Waals surface area contributed by atoms with E-state index < -0.39 is 57.0 Å². The molecule has 1 heterocycles. The van der Waals surface area contributed by atoms with E-state index in [4.69, 9.17) is 10.8 Å². The van der Waals surface area contributed by atoms with E-state index in [1.165, 1.54) is 0 Å². The molecule has 3 rings (SSSR count). The molecule has 0 aliphatic rings. The van der Waals surface area contributed by atoms with Crippen molar-refractivity contribution in [3.63, 3.8) is 0 Å². The van der Waals surface area contributed by atoms with Gasteiger partial charge >= 0.3 is 5.97 Å². The molecule has 25 heavy (non-hydrogen) atoms. The number of carbonyl (C=O) groups is 1. The van der Waals surface area contributed by atoms with Crippen LogP contribution in [0, 0.1) is 23.3 Å². The maximum atomic E-state index is 14.1. The molecular weight excluding hydrogens is 344 g/mol. The number of nitrogens with two attached hydrogens (primary N) is 1. The number of anilines is 1. The smallest absolute Gasteiger partial charge is 0.341 e. The Labute approximate surface area is 136 Å². The minimum atomic E-state index is -1.65. The van der Waals surface area contributed by atoms with E-state index in [-0.39, 0.29) is 5.52 Å². The lowest BCUT2D eigenvalue weighted by atomic mass is 10.1. The van der Waals surface area contributed by atoms with Gasteiger partial charge in [0.15, 0.2) is 11.6 Å². The van der Waals surface area contributed by atoms with Gasteiger partial charge in [0.2, 0.25) is 5.43 Å². The summed E-state index contributed by atoms with van der Waals surface area (Å²) in [5.41, 5.74) is 2.31. The number of fused-ring (bicyclic) bond motifs is 1. The van der Waals surface area contributed by atoms with E-state index >= 15 is 0 Å². The van der Waals surface area contributed by atoms with Crippen molar-refractivity contribution < 1.29 is 27.5 Å². The quantitative estimate of drug-likeness (QED) is 0.549. The third kappa shape index (κ3) is 2.59. The molecule has 1 aromatic heterocycles. The minimum Gasteiger partial charge on any atom is -0.477 e. The summed E-state index contributed by atoms with van der Waals surface area (Å²) in [7, 11) is 0. The third-order valence-electron chi connectivity index (χ3n) is 3.60. The van der Waals surface area contributed by atoms with E-state index in [1.54, 1.807) is 0 Å². The number of pyridine rings is 1. The third-order valence-corrected chi connectivity index (χ3v) is 3.60. The number of benzene rings is 2. The average molecular weight is 352 g/mol. The van der Waals surface area contributed by atoms with E-state index in [0.717, 1.165) is 16.8 Å². The number of rotatable bonds is 2. The Morgan fingerprint density at radius 1 is 0.960 bits per heavy atom. The van der Waals surface area contributed by atoms with Crippen molar-refractivity contribution in [1.82, 2.24) is 4.57 Å². The number of carboxylic acid groups (broad SMARTS) is 1. The van der Waals surface area contributed by atoms with Gasteiger partial charge < -0.3 is 15.4 Å². The predicted molar refractivity (Wildman–Crippen MR) is 80.7 cm³/mol. The summed E-state index contributed by atoms with van der Waals surface area (Å²) in [5.74, 6) is -6.56. The number of halogens is 4. The molecule has 0 saturated carbocycles. The van der Waals surface area contributed by atoms with Gasteiger partial charge in [0, 0.05) is 18.3 Å². The van der Waals surface area contributed by atoms with Gasteiger partial charge in [-0.05, 0) is 12.1 Å². The van der Waals surface area contributed by atoms with Gasteiger partial charge in [0.05, 0.1) is 22.3 Å². The molecule has 2 aromatic carbocycles. The molecule has 0 radical (unpaired) electrons. The first kappa shape index (κ1) is 16.5. The van der Waals surface area contributed by atoms with Crippen molar-refractivity contribution in [2.75, 3.05) is 5.73 Å². The number of nitrogen functional groups attached to an aromatic ring is 1. The molecule has 5 nitrogen and oxygen atoms in total. The van der Waals surface area contributed by atoms with Crippen molar-refractivity contribution in [1.29, 1.82) is 0 Å². The molecule has 0 spiro atoms. The van der Waals surface area contributed by atoms with Gasteiger partial charge in [-0.25, -0.2) is 22.4 Å². The number of hydrogen-bond donors (Lipinski definition) is 2. The second-order valence-electron chi connectivity index (χ2n) is 5.16. The fraction of sp³-hybridized carbons (Fsp3) is 0. The number of aromatic nitrogens is 1. The van der Waals surface area contributed by atoms with Crippen LogP contribution in [-0.4, -0.2) is 15.6 Å². The van der Waals surface area contributed by atoms with Crippen molar-refractivity contribution in [3.05, 3.63) is 69.5 Å². The molecular formula is C16H8F4N2O3. The van der Waals surface area contributed by atoms with E-state index in [1.807, 2.05) is 0 Å². The number of hydrogen-bond acceptors (Lipinski definition) is 3. The molecule has 0 aliphatic heterocycles. The van der Waals surface area contributed by atoms with Crippen LogP contribution in [0.3, 0.4) is 0 Å². The summed E-state index contributed by atoms with van der Waals surface area (Å²) >= 11 is 0. The second-order valence-corrected chi connectivity index (χ2v) is 5.16. The zero-order chi connectivity index (χ0) is 18.5. The van der Waals surface area contributed by atoms with Gasteiger partial charge in [-0.1, -0.05) is 0 Å². The molecule has 0 bridgehead atoms. The summed E-state index contributed by atoms with van der Waals surface area (Å²) in [6, 6.07) is 2.42. The Bertz CT molecular complexity index is 1110. The van der Waals surface area contributed by atoms with Gasteiger partial charge in [-0.3, -0.25) is 4.79 Å². The first-order chi connectivity index (χ1) is 11.7. The van der Waals surface area contributed by atoms with Crippen LogP contribution in [0.4, 0.5) is 23.2 Å². The molecule has 128 valence electrons. The van der Waals surface area contributed by atoms with Crippen LogP contribution in [0.25, 0.3) is 16.6 Å². The Balaban J connectivity index is 2.52. The summed E-state index contributed by atoms with van der Waals surface area (Å²) < 4.78 is 55.4. The van der Waals surface area contributed by atoms with Crippen molar-refractivity contribution in [2.24, 2.45) is 0 Å². The normalized spacial score (nSPS) is 11.0. The van der Waals surface area contributed by atoms with Crippen LogP contribution in [0.2, 0.25) is 0 Å². The van der Waals surface area contributed by atoms with Crippen molar-refractivity contribution in [2.45, 2.75) is 0 Å². The highest BCUT2D eigenvalue weighted by Crippen LogP contribution is 2.25. The van der Waals surface area contributed by atoms with Gasteiger partial charge in [0.25, 0.3) is 0 Å². The minimum absolute atomic E-state index is 0.307. The van der Waals surface area contributed by atoms with Crippen LogP contribution < -0.4 is 11.2 Å². The Morgan fingerprint density at radius 2 is 1.60 bits per heavy atom. The average Bonchev–Trinajstić information content (AvgIpc) is 2.53. The molecule has 0 aliphatic carbocycles. The Hall–Kier alpha value is -3.36. The SMILES string of the molecule is Nc1cc(-n2cc(C(=O)O)c(=O)c3cc(F)c(F)cc32)c(F)cc1F. The molecule has 0 saturated heterocycles. The van der Waals surface area contributed by atoms with Crippen molar-refractivity contribution in [3.8, 4) is 5.69 Å². The summed E-state index contributed by atoms with van der Waals surface area (Å²) in [6.07, 6.45) is 0.736. The highest BCUT2D eigenvalue weighted by molar-refractivity contribution is 5.93. The highest BCUT2D eigenvalue weighted by Gasteiger charge is 2.20. The van der Waals surface area contributed by atoms with E-state index in [0.29, 0.717) is 18.2 Å². The fourth-order valence-corrected chi connectivity index (χ4v) is 2.41. The maximum Gasteiger partial charge on any atom is 0.341 e.